The van der Waals surface area contributed by atoms with Gasteiger partial charge in [-0.05, 0) is 32.0 Å². The summed E-state index contributed by atoms with van der Waals surface area (Å²) in [7, 11) is 0. The van der Waals surface area contributed by atoms with Crippen LogP contribution >= 0.6 is 0 Å². The monoisotopic (exact) mass is 232 g/mol. The summed E-state index contributed by atoms with van der Waals surface area (Å²) in [6.45, 7) is 3.16. The minimum Gasteiger partial charge on any atom is -0.493 e. The van der Waals surface area contributed by atoms with E-state index in [0.717, 1.165) is 29.0 Å². The molecule has 1 aromatic carbocycles. The molecule has 4 nitrogen and oxygen atoms in total. The predicted molar refractivity (Wildman–Crippen MR) is 65.9 cm³/mol. The molecule has 17 heavy (non-hydrogen) atoms. The van der Waals surface area contributed by atoms with Gasteiger partial charge in [-0.3, -0.25) is 0 Å². The molecule has 0 amide bonds. The van der Waals surface area contributed by atoms with Crippen molar-refractivity contribution in [1.29, 1.82) is 0 Å². The lowest BCUT2D eigenvalue weighted by Gasteiger charge is -2.08. The maximum atomic E-state index is 5.58. The van der Waals surface area contributed by atoms with Crippen molar-refractivity contribution in [3.63, 3.8) is 0 Å². The first-order valence-corrected chi connectivity index (χ1v) is 5.72. The number of rotatable bonds is 5. The van der Waals surface area contributed by atoms with Crippen LogP contribution in [-0.4, -0.2) is 18.3 Å². The maximum Gasteiger partial charge on any atom is 0.128 e. The Morgan fingerprint density at radius 2 is 2.18 bits per heavy atom. The molecule has 0 saturated carbocycles. The molecule has 0 radical (unpaired) electrons. The van der Waals surface area contributed by atoms with Crippen LogP contribution in [0.2, 0.25) is 0 Å². The molecule has 2 aromatic rings. The van der Waals surface area contributed by atoms with E-state index in [9.17, 15) is 0 Å². The molecule has 0 spiro atoms. The van der Waals surface area contributed by atoms with E-state index in [1.165, 1.54) is 0 Å². The van der Waals surface area contributed by atoms with Crippen LogP contribution in [0.1, 0.15) is 12.5 Å². The van der Waals surface area contributed by atoms with Gasteiger partial charge >= 0.3 is 0 Å². The average molecular weight is 232 g/mol. The van der Waals surface area contributed by atoms with Crippen LogP contribution in [0.4, 0.5) is 0 Å². The van der Waals surface area contributed by atoms with Crippen molar-refractivity contribution in [2.75, 3.05) is 13.2 Å². The summed E-state index contributed by atoms with van der Waals surface area (Å²) in [5, 5.41) is 4.04. The molecule has 2 N–H and O–H groups in total. The minimum absolute atomic E-state index is 0.574. The van der Waals surface area contributed by atoms with Crippen molar-refractivity contribution in [1.82, 2.24) is 5.16 Å². The van der Waals surface area contributed by atoms with Gasteiger partial charge in [0.15, 0.2) is 0 Å². The van der Waals surface area contributed by atoms with Crippen LogP contribution in [0.3, 0.4) is 0 Å². The Morgan fingerprint density at radius 3 is 2.94 bits per heavy atom. The molecule has 90 valence electrons. The van der Waals surface area contributed by atoms with E-state index in [0.29, 0.717) is 13.2 Å². The van der Waals surface area contributed by atoms with Crippen LogP contribution in [0, 0.1) is 0 Å². The highest BCUT2D eigenvalue weighted by Gasteiger charge is 2.13. The summed E-state index contributed by atoms with van der Waals surface area (Å²) in [6, 6.07) is 7.80. The SMILES string of the molecule is CCOc1ccccc1-c1nocc1CCN. The molecule has 0 aliphatic carbocycles. The van der Waals surface area contributed by atoms with Crippen LogP contribution < -0.4 is 10.5 Å². The highest BCUT2D eigenvalue weighted by Crippen LogP contribution is 2.31. The van der Waals surface area contributed by atoms with Crippen molar-refractivity contribution in [2.24, 2.45) is 5.73 Å². The third kappa shape index (κ3) is 2.47. The second kappa shape index (κ2) is 5.50. The summed E-state index contributed by atoms with van der Waals surface area (Å²) in [5.74, 6) is 0.821. The number of aromatic nitrogens is 1. The molecule has 0 saturated heterocycles. The zero-order chi connectivity index (χ0) is 12.1. The number of nitrogens with zero attached hydrogens (tertiary/aromatic N) is 1. The summed E-state index contributed by atoms with van der Waals surface area (Å²) in [6.07, 6.45) is 2.39. The Hall–Kier alpha value is -1.81. The van der Waals surface area contributed by atoms with Crippen LogP contribution in [0.25, 0.3) is 11.3 Å². The van der Waals surface area contributed by atoms with E-state index in [-0.39, 0.29) is 0 Å². The fourth-order valence-corrected chi connectivity index (χ4v) is 1.76. The number of benzene rings is 1. The van der Waals surface area contributed by atoms with Crippen molar-refractivity contribution < 1.29 is 9.26 Å². The zero-order valence-corrected chi connectivity index (χ0v) is 9.85. The first-order valence-electron chi connectivity index (χ1n) is 5.72. The van der Waals surface area contributed by atoms with Crippen molar-refractivity contribution in [3.8, 4) is 17.0 Å². The lowest BCUT2D eigenvalue weighted by molar-refractivity contribution is 0.341. The van der Waals surface area contributed by atoms with Crippen LogP contribution in [0.5, 0.6) is 5.75 Å². The van der Waals surface area contributed by atoms with E-state index in [1.54, 1.807) is 6.26 Å². The van der Waals surface area contributed by atoms with Gasteiger partial charge in [0.25, 0.3) is 0 Å². The average Bonchev–Trinajstić information content (AvgIpc) is 2.79. The zero-order valence-electron chi connectivity index (χ0n) is 9.85. The number of nitrogens with two attached hydrogens (primary N) is 1. The van der Waals surface area contributed by atoms with Gasteiger partial charge in [0.05, 0.1) is 6.61 Å². The van der Waals surface area contributed by atoms with Gasteiger partial charge in [-0.15, -0.1) is 0 Å². The van der Waals surface area contributed by atoms with E-state index in [1.807, 2.05) is 31.2 Å². The third-order valence-corrected chi connectivity index (χ3v) is 2.50. The summed E-state index contributed by atoms with van der Waals surface area (Å²) < 4.78 is 10.6. The molecule has 0 aliphatic rings. The van der Waals surface area contributed by atoms with Crippen molar-refractivity contribution in [3.05, 3.63) is 36.1 Å². The van der Waals surface area contributed by atoms with Gasteiger partial charge in [-0.2, -0.15) is 0 Å². The number of para-hydroxylation sites is 1. The van der Waals surface area contributed by atoms with Gasteiger partial charge in [-0.25, -0.2) is 0 Å². The lowest BCUT2D eigenvalue weighted by atomic mass is 10.1. The number of ether oxygens (including phenoxy) is 1. The molecular formula is C13H16N2O2. The second-order valence-electron chi connectivity index (χ2n) is 3.66. The smallest absolute Gasteiger partial charge is 0.128 e. The Bertz CT molecular complexity index is 480. The quantitative estimate of drug-likeness (QED) is 0.858. The topological polar surface area (TPSA) is 61.3 Å². The first-order chi connectivity index (χ1) is 8.36. The molecule has 1 heterocycles. The van der Waals surface area contributed by atoms with Crippen molar-refractivity contribution in [2.45, 2.75) is 13.3 Å². The fourth-order valence-electron chi connectivity index (χ4n) is 1.76. The highest BCUT2D eigenvalue weighted by atomic mass is 16.5. The van der Waals surface area contributed by atoms with Gasteiger partial charge in [0.2, 0.25) is 0 Å². The molecule has 1 aromatic heterocycles. The number of hydrogen-bond acceptors (Lipinski definition) is 4. The predicted octanol–water partition coefficient (Wildman–Crippen LogP) is 2.24. The molecule has 0 unspecified atom stereocenters. The fraction of sp³-hybridized carbons (Fsp3) is 0.308. The summed E-state index contributed by atoms with van der Waals surface area (Å²) in [4.78, 5) is 0. The molecule has 0 aliphatic heterocycles. The normalized spacial score (nSPS) is 10.5. The van der Waals surface area contributed by atoms with Gasteiger partial charge in [0.1, 0.15) is 17.7 Å². The molecule has 0 fully saturated rings. The summed E-state index contributed by atoms with van der Waals surface area (Å²) in [5.41, 5.74) is 8.35. The van der Waals surface area contributed by atoms with Gasteiger partial charge in [-0.1, -0.05) is 17.3 Å². The highest BCUT2D eigenvalue weighted by molar-refractivity contribution is 5.69. The van der Waals surface area contributed by atoms with Crippen molar-refractivity contribution >= 4 is 0 Å². The molecule has 0 bridgehead atoms. The van der Waals surface area contributed by atoms with E-state index in [4.69, 9.17) is 15.0 Å². The van der Waals surface area contributed by atoms with Crippen LogP contribution in [0.15, 0.2) is 35.1 Å². The number of hydrogen-bond donors (Lipinski definition) is 1. The Kier molecular flexibility index (Phi) is 3.77. The molecule has 4 heteroatoms. The second-order valence-corrected chi connectivity index (χ2v) is 3.66. The lowest BCUT2D eigenvalue weighted by Crippen LogP contribution is -2.03. The first kappa shape index (κ1) is 11.7. The van der Waals surface area contributed by atoms with E-state index in [2.05, 4.69) is 5.16 Å². The summed E-state index contributed by atoms with van der Waals surface area (Å²) >= 11 is 0. The molecule has 2 rings (SSSR count). The van der Waals surface area contributed by atoms with Gasteiger partial charge in [0, 0.05) is 11.1 Å². The Labute approximate surface area is 100 Å². The Morgan fingerprint density at radius 1 is 1.35 bits per heavy atom. The third-order valence-electron chi connectivity index (χ3n) is 2.50. The Balaban J connectivity index is 2.41. The minimum atomic E-state index is 0.574. The van der Waals surface area contributed by atoms with E-state index >= 15 is 0 Å². The maximum absolute atomic E-state index is 5.58. The van der Waals surface area contributed by atoms with Crippen LogP contribution in [-0.2, 0) is 6.42 Å². The standard InChI is InChI=1S/C13H16N2O2/c1-2-16-12-6-4-3-5-11(12)13-10(7-8-14)9-17-15-13/h3-6,9H,2,7-8,14H2,1H3. The molecule has 0 atom stereocenters. The molecular weight excluding hydrogens is 216 g/mol. The largest absolute Gasteiger partial charge is 0.493 e. The van der Waals surface area contributed by atoms with Gasteiger partial charge < -0.3 is 15.0 Å². The van der Waals surface area contributed by atoms with E-state index < -0.39 is 0 Å².